The van der Waals surface area contributed by atoms with E-state index in [1.165, 1.54) is 11.1 Å². The number of hydrogen-bond acceptors (Lipinski definition) is 4. The minimum Gasteiger partial charge on any atom is -0.496 e. The molecule has 0 saturated carbocycles. The molecule has 0 radical (unpaired) electrons. The molecule has 112 valence electrons. The first kappa shape index (κ1) is 15.4. The maximum Gasteiger partial charge on any atom is 0.122 e. The topological polar surface area (TPSA) is 47.0 Å². The van der Waals surface area contributed by atoms with Crippen LogP contribution in [0.4, 0.5) is 0 Å². The van der Waals surface area contributed by atoms with Gasteiger partial charge in [-0.2, -0.15) is 0 Å². The van der Waals surface area contributed by atoms with Gasteiger partial charge in [-0.25, -0.2) is 9.97 Å². The van der Waals surface area contributed by atoms with Crippen LogP contribution in [0.1, 0.15) is 36.1 Å². The molecule has 0 aliphatic rings. The molecule has 0 fully saturated rings. The van der Waals surface area contributed by atoms with Crippen molar-refractivity contribution in [2.75, 3.05) is 13.7 Å². The molecule has 1 aromatic heterocycles. The SMILES string of the molecule is CCCNC(Cc1cc(C)ccc1OC)c1cncnc1. The van der Waals surface area contributed by atoms with Gasteiger partial charge >= 0.3 is 0 Å². The number of methoxy groups -OCH3 is 1. The van der Waals surface area contributed by atoms with Crippen molar-refractivity contribution >= 4 is 0 Å². The van der Waals surface area contributed by atoms with Crippen LogP contribution in [0.15, 0.2) is 36.9 Å². The Kier molecular flexibility index (Phi) is 5.69. The Hall–Kier alpha value is -1.94. The first-order valence-electron chi connectivity index (χ1n) is 7.36. The van der Waals surface area contributed by atoms with Crippen LogP contribution < -0.4 is 10.1 Å². The molecule has 0 aliphatic carbocycles. The van der Waals surface area contributed by atoms with Crippen LogP contribution in [-0.4, -0.2) is 23.6 Å². The zero-order chi connectivity index (χ0) is 15.1. The third-order valence-electron chi connectivity index (χ3n) is 3.48. The maximum absolute atomic E-state index is 5.48. The molecule has 1 atom stereocenters. The summed E-state index contributed by atoms with van der Waals surface area (Å²) >= 11 is 0. The fourth-order valence-corrected chi connectivity index (χ4v) is 2.40. The maximum atomic E-state index is 5.48. The molecular weight excluding hydrogens is 262 g/mol. The standard InChI is InChI=1S/C17H23N3O/c1-4-7-20-16(15-10-18-12-19-11-15)9-14-8-13(2)5-6-17(14)21-3/h5-6,8,10-12,16,20H,4,7,9H2,1-3H3. The summed E-state index contributed by atoms with van der Waals surface area (Å²) in [4.78, 5) is 8.27. The molecule has 0 amide bonds. The molecule has 2 rings (SSSR count). The number of nitrogens with one attached hydrogen (secondary N) is 1. The van der Waals surface area contributed by atoms with E-state index in [-0.39, 0.29) is 6.04 Å². The minimum absolute atomic E-state index is 0.196. The molecular formula is C17H23N3O. The molecule has 1 heterocycles. The second-order valence-electron chi connectivity index (χ2n) is 5.20. The van der Waals surface area contributed by atoms with E-state index in [1.807, 2.05) is 18.5 Å². The van der Waals surface area contributed by atoms with Gasteiger partial charge in [-0.1, -0.05) is 24.6 Å². The number of benzene rings is 1. The molecule has 0 aliphatic heterocycles. The van der Waals surface area contributed by atoms with Gasteiger partial charge in [-0.05, 0) is 37.9 Å². The molecule has 4 heteroatoms. The van der Waals surface area contributed by atoms with Gasteiger partial charge in [-0.3, -0.25) is 0 Å². The van der Waals surface area contributed by atoms with Crippen LogP contribution in [0, 0.1) is 6.92 Å². The van der Waals surface area contributed by atoms with Crippen molar-refractivity contribution in [3.8, 4) is 5.75 Å². The highest BCUT2D eigenvalue weighted by atomic mass is 16.5. The number of nitrogens with zero attached hydrogens (tertiary/aromatic N) is 2. The van der Waals surface area contributed by atoms with Gasteiger partial charge in [0.15, 0.2) is 0 Å². The summed E-state index contributed by atoms with van der Waals surface area (Å²) in [5.74, 6) is 0.931. The first-order valence-corrected chi connectivity index (χ1v) is 7.36. The first-order chi connectivity index (χ1) is 10.2. The molecule has 2 aromatic rings. The van der Waals surface area contributed by atoms with Gasteiger partial charge in [0.2, 0.25) is 0 Å². The van der Waals surface area contributed by atoms with Gasteiger partial charge in [-0.15, -0.1) is 0 Å². The molecule has 0 spiro atoms. The predicted molar refractivity (Wildman–Crippen MR) is 84.5 cm³/mol. The highest BCUT2D eigenvalue weighted by Gasteiger charge is 2.15. The van der Waals surface area contributed by atoms with Crippen molar-refractivity contribution in [1.29, 1.82) is 0 Å². The van der Waals surface area contributed by atoms with Crippen LogP contribution >= 0.6 is 0 Å². The minimum atomic E-state index is 0.196. The molecule has 4 nitrogen and oxygen atoms in total. The molecule has 21 heavy (non-hydrogen) atoms. The Balaban J connectivity index is 2.24. The van der Waals surface area contributed by atoms with Crippen molar-refractivity contribution in [1.82, 2.24) is 15.3 Å². The van der Waals surface area contributed by atoms with Crippen molar-refractivity contribution in [2.24, 2.45) is 0 Å². The quantitative estimate of drug-likeness (QED) is 0.849. The summed E-state index contributed by atoms with van der Waals surface area (Å²) in [6.07, 6.45) is 7.27. The van der Waals surface area contributed by atoms with E-state index in [0.717, 1.165) is 30.7 Å². The number of hydrogen-bond donors (Lipinski definition) is 1. The zero-order valence-corrected chi connectivity index (χ0v) is 13.0. The van der Waals surface area contributed by atoms with E-state index in [9.17, 15) is 0 Å². The Labute approximate surface area is 126 Å². The Morgan fingerprint density at radius 1 is 1.24 bits per heavy atom. The van der Waals surface area contributed by atoms with E-state index < -0.39 is 0 Å². The lowest BCUT2D eigenvalue weighted by Gasteiger charge is -2.20. The summed E-state index contributed by atoms with van der Waals surface area (Å²) in [5, 5.41) is 3.57. The summed E-state index contributed by atoms with van der Waals surface area (Å²) in [7, 11) is 1.72. The number of aromatic nitrogens is 2. The highest BCUT2D eigenvalue weighted by Crippen LogP contribution is 2.25. The average molecular weight is 285 g/mol. The molecule has 1 N–H and O–H groups in total. The average Bonchev–Trinajstić information content (AvgIpc) is 2.52. The Bertz CT molecular complexity index is 557. The Morgan fingerprint density at radius 2 is 2.00 bits per heavy atom. The van der Waals surface area contributed by atoms with Crippen LogP contribution in [0.3, 0.4) is 0 Å². The summed E-state index contributed by atoms with van der Waals surface area (Å²) in [6, 6.07) is 6.48. The fourth-order valence-electron chi connectivity index (χ4n) is 2.40. The lowest BCUT2D eigenvalue weighted by molar-refractivity contribution is 0.405. The fraction of sp³-hybridized carbons (Fsp3) is 0.412. The highest BCUT2D eigenvalue weighted by molar-refractivity contribution is 5.38. The largest absolute Gasteiger partial charge is 0.496 e. The molecule has 0 bridgehead atoms. The normalized spacial score (nSPS) is 12.1. The predicted octanol–water partition coefficient (Wildman–Crippen LogP) is 3.08. The second kappa shape index (κ2) is 7.74. The summed E-state index contributed by atoms with van der Waals surface area (Å²) < 4.78 is 5.48. The molecule has 1 unspecified atom stereocenters. The smallest absolute Gasteiger partial charge is 0.122 e. The van der Waals surface area contributed by atoms with Crippen molar-refractivity contribution < 1.29 is 4.74 Å². The Morgan fingerprint density at radius 3 is 2.67 bits per heavy atom. The monoisotopic (exact) mass is 285 g/mol. The molecule has 0 saturated heterocycles. The third-order valence-corrected chi connectivity index (χ3v) is 3.48. The van der Waals surface area contributed by atoms with Crippen LogP contribution in [-0.2, 0) is 6.42 Å². The lowest BCUT2D eigenvalue weighted by Crippen LogP contribution is -2.24. The van der Waals surface area contributed by atoms with Crippen LogP contribution in [0.25, 0.3) is 0 Å². The summed E-state index contributed by atoms with van der Waals surface area (Å²) in [6.45, 7) is 5.23. The summed E-state index contributed by atoms with van der Waals surface area (Å²) in [5.41, 5.74) is 3.55. The van der Waals surface area contributed by atoms with Crippen LogP contribution in [0.2, 0.25) is 0 Å². The van der Waals surface area contributed by atoms with Crippen LogP contribution in [0.5, 0.6) is 5.75 Å². The van der Waals surface area contributed by atoms with E-state index in [2.05, 4.69) is 41.3 Å². The van der Waals surface area contributed by atoms with Gasteiger partial charge in [0.25, 0.3) is 0 Å². The lowest BCUT2D eigenvalue weighted by atomic mass is 9.98. The molecule has 1 aromatic carbocycles. The van der Waals surface area contributed by atoms with Crippen molar-refractivity contribution in [3.63, 3.8) is 0 Å². The van der Waals surface area contributed by atoms with Crippen molar-refractivity contribution in [2.45, 2.75) is 32.7 Å². The van der Waals surface area contributed by atoms with E-state index >= 15 is 0 Å². The van der Waals surface area contributed by atoms with E-state index in [0.29, 0.717) is 0 Å². The third kappa shape index (κ3) is 4.26. The van der Waals surface area contributed by atoms with E-state index in [4.69, 9.17) is 4.74 Å². The number of ether oxygens (including phenoxy) is 1. The number of rotatable bonds is 7. The van der Waals surface area contributed by atoms with Gasteiger partial charge in [0.1, 0.15) is 12.1 Å². The van der Waals surface area contributed by atoms with Gasteiger partial charge in [0, 0.05) is 24.0 Å². The number of aryl methyl sites for hydroxylation is 1. The van der Waals surface area contributed by atoms with Gasteiger partial charge < -0.3 is 10.1 Å². The second-order valence-corrected chi connectivity index (χ2v) is 5.20. The van der Waals surface area contributed by atoms with E-state index in [1.54, 1.807) is 13.4 Å². The van der Waals surface area contributed by atoms with Gasteiger partial charge in [0.05, 0.1) is 7.11 Å². The van der Waals surface area contributed by atoms with Crippen molar-refractivity contribution in [3.05, 3.63) is 53.6 Å². The zero-order valence-electron chi connectivity index (χ0n) is 13.0.